The minimum Gasteiger partial charge on any atom is -0.334 e. The summed E-state index contributed by atoms with van der Waals surface area (Å²) < 4.78 is 0. The maximum atomic E-state index is 12.3. The third-order valence-corrected chi connectivity index (χ3v) is 3.41. The number of carbonyl (C=O) groups excluding carboxylic acids is 1. The molecule has 0 radical (unpaired) electrons. The van der Waals surface area contributed by atoms with Crippen LogP contribution in [0, 0.1) is 0 Å². The SMILES string of the molecule is CCCc1cc(C(=O)N(C)Cc2ccc(CC)cn2)n[nH]1. The van der Waals surface area contributed by atoms with Gasteiger partial charge in [-0.25, -0.2) is 0 Å². The number of aromatic amines is 1. The van der Waals surface area contributed by atoms with Gasteiger partial charge in [-0.2, -0.15) is 5.10 Å². The minimum atomic E-state index is -0.0880. The van der Waals surface area contributed by atoms with Crippen LogP contribution in [0.4, 0.5) is 0 Å². The molecule has 1 N–H and O–H groups in total. The van der Waals surface area contributed by atoms with Gasteiger partial charge in [0.25, 0.3) is 5.91 Å². The summed E-state index contributed by atoms with van der Waals surface area (Å²) in [7, 11) is 1.77. The van der Waals surface area contributed by atoms with Crippen LogP contribution in [0.2, 0.25) is 0 Å². The van der Waals surface area contributed by atoms with Crippen molar-refractivity contribution in [2.45, 2.75) is 39.7 Å². The zero-order valence-electron chi connectivity index (χ0n) is 12.9. The van der Waals surface area contributed by atoms with Gasteiger partial charge in [0.15, 0.2) is 0 Å². The fourth-order valence-corrected chi connectivity index (χ4v) is 2.14. The van der Waals surface area contributed by atoms with Crippen LogP contribution in [-0.4, -0.2) is 33.0 Å². The Balaban J connectivity index is 2.00. The van der Waals surface area contributed by atoms with Crippen LogP contribution in [0.5, 0.6) is 0 Å². The van der Waals surface area contributed by atoms with Gasteiger partial charge in [-0.3, -0.25) is 14.9 Å². The Labute approximate surface area is 125 Å². The Hall–Kier alpha value is -2.17. The highest BCUT2D eigenvalue weighted by Gasteiger charge is 2.15. The van der Waals surface area contributed by atoms with Crippen molar-refractivity contribution >= 4 is 5.91 Å². The maximum Gasteiger partial charge on any atom is 0.274 e. The van der Waals surface area contributed by atoms with E-state index < -0.39 is 0 Å². The lowest BCUT2D eigenvalue weighted by molar-refractivity contribution is 0.0777. The molecule has 0 atom stereocenters. The molecule has 0 spiro atoms. The average molecular weight is 286 g/mol. The first kappa shape index (κ1) is 15.2. The fourth-order valence-electron chi connectivity index (χ4n) is 2.14. The quantitative estimate of drug-likeness (QED) is 0.888. The molecule has 1 amide bonds. The fraction of sp³-hybridized carbons (Fsp3) is 0.438. The zero-order chi connectivity index (χ0) is 15.2. The van der Waals surface area contributed by atoms with Crippen LogP contribution in [0.1, 0.15) is 47.7 Å². The summed E-state index contributed by atoms with van der Waals surface area (Å²) in [5, 5.41) is 7.00. The van der Waals surface area contributed by atoms with Crippen LogP contribution in [-0.2, 0) is 19.4 Å². The second kappa shape index (κ2) is 7.02. The van der Waals surface area contributed by atoms with Crippen LogP contribution >= 0.6 is 0 Å². The number of amides is 1. The molecular formula is C16H22N4O. The second-order valence-electron chi connectivity index (χ2n) is 5.20. The van der Waals surface area contributed by atoms with E-state index in [1.54, 1.807) is 11.9 Å². The molecule has 0 aliphatic carbocycles. The van der Waals surface area contributed by atoms with Crippen LogP contribution in [0.25, 0.3) is 0 Å². The minimum absolute atomic E-state index is 0.0880. The Morgan fingerprint density at radius 3 is 2.76 bits per heavy atom. The molecule has 2 heterocycles. The van der Waals surface area contributed by atoms with Gasteiger partial charge in [0.05, 0.1) is 12.2 Å². The van der Waals surface area contributed by atoms with Crippen molar-refractivity contribution in [1.29, 1.82) is 0 Å². The summed E-state index contributed by atoms with van der Waals surface area (Å²) >= 11 is 0. The number of nitrogens with one attached hydrogen (secondary N) is 1. The first-order chi connectivity index (χ1) is 10.1. The lowest BCUT2D eigenvalue weighted by Gasteiger charge is -2.15. The summed E-state index contributed by atoms with van der Waals surface area (Å²) in [5.74, 6) is -0.0880. The van der Waals surface area contributed by atoms with Gasteiger partial charge in [0.2, 0.25) is 0 Å². The molecule has 112 valence electrons. The lowest BCUT2D eigenvalue weighted by atomic mass is 10.2. The second-order valence-corrected chi connectivity index (χ2v) is 5.20. The van der Waals surface area contributed by atoms with E-state index in [9.17, 15) is 4.79 Å². The maximum absolute atomic E-state index is 12.3. The van der Waals surface area contributed by atoms with Crippen molar-refractivity contribution in [3.8, 4) is 0 Å². The van der Waals surface area contributed by atoms with Crippen molar-refractivity contribution in [2.75, 3.05) is 7.05 Å². The molecule has 0 unspecified atom stereocenters. The number of rotatable bonds is 6. The first-order valence-electron chi connectivity index (χ1n) is 7.37. The van der Waals surface area contributed by atoms with Crippen molar-refractivity contribution in [1.82, 2.24) is 20.1 Å². The first-order valence-corrected chi connectivity index (χ1v) is 7.37. The molecule has 5 heteroatoms. The number of hydrogen-bond acceptors (Lipinski definition) is 3. The van der Waals surface area contributed by atoms with Crippen LogP contribution in [0.15, 0.2) is 24.4 Å². The lowest BCUT2D eigenvalue weighted by Crippen LogP contribution is -2.26. The van der Waals surface area contributed by atoms with E-state index in [4.69, 9.17) is 0 Å². The number of carbonyl (C=O) groups is 1. The Bertz CT molecular complexity index is 589. The molecule has 5 nitrogen and oxygen atoms in total. The average Bonchev–Trinajstić information content (AvgIpc) is 2.96. The van der Waals surface area contributed by atoms with Crippen molar-refractivity contribution < 1.29 is 4.79 Å². The smallest absolute Gasteiger partial charge is 0.274 e. The van der Waals surface area contributed by atoms with E-state index in [0.717, 1.165) is 30.7 Å². The molecule has 2 rings (SSSR count). The molecule has 0 aromatic carbocycles. The molecule has 0 bridgehead atoms. The van der Waals surface area contributed by atoms with Gasteiger partial charge >= 0.3 is 0 Å². The van der Waals surface area contributed by atoms with E-state index in [2.05, 4.69) is 35.1 Å². The molecule has 0 saturated heterocycles. The van der Waals surface area contributed by atoms with Gasteiger partial charge in [-0.1, -0.05) is 26.3 Å². The molecule has 2 aromatic rings. The van der Waals surface area contributed by atoms with E-state index in [1.807, 2.05) is 18.3 Å². The summed E-state index contributed by atoms with van der Waals surface area (Å²) in [6.07, 6.45) is 4.76. The number of nitrogens with zero attached hydrogens (tertiary/aromatic N) is 3. The Morgan fingerprint density at radius 2 is 2.14 bits per heavy atom. The predicted molar refractivity (Wildman–Crippen MR) is 82.0 cm³/mol. The third kappa shape index (κ3) is 3.90. The highest BCUT2D eigenvalue weighted by Crippen LogP contribution is 2.08. The van der Waals surface area contributed by atoms with E-state index in [1.165, 1.54) is 5.56 Å². The summed E-state index contributed by atoms with van der Waals surface area (Å²) in [5.41, 5.74) is 3.54. The van der Waals surface area contributed by atoms with Crippen molar-refractivity contribution in [3.63, 3.8) is 0 Å². The molecule has 0 saturated carbocycles. The summed E-state index contributed by atoms with van der Waals surface area (Å²) in [6.45, 7) is 4.68. The predicted octanol–water partition coefficient (Wildman–Crippen LogP) is 2.59. The van der Waals surface area contributed by atoms with Gasteiger partial charge < -0.3 is 4.90 Å². The Morgan fingerprint density at radius 1 is 1.33 bits per heavy atom. The van der Waals surface area contributed by atoms with Gasteiger partial charge in [-0.15, -0.1) is 0 Å². The zero-order valence-corrected chi connectivity index (χ0v) is 12.9. The number of aryl methyl sites for hydroxylation is 2. The summed E-state index contributed by atoms with van der Waals surface area (Å²) in [4.78, 5) is 18.3. The highest BCUT2D eigenvalue weighted by molar-refractivity contribution is 5.92. The normalized spacial score (nSPS) is 10.6. The third-order valence-electron chi connectivity index (χ3n) is 3.41. The van der Waals surface area contributed by atoms with Crippen molar-refractivity contribution in [2.24, 2.45) is 0 Å². The van der Waals surface area contributed by atoms with Gasteiger partial charge in [-0.05, 0) is 30.5 Å². The Kier molecular flexibility index (Phi) is 5.09. The van der Waals surface area contributed by atoms with Crippen LogP contribution in [0.3, 0.4) is 0 Å². The number of H-pyrrole nitrogens is 1. The van der Waals surface area contributed by atoms with Crippen molar-refractivity contribution in [3.05, 3.63) is 47.0 Å². The molecule has 2 aromatic heterocycles. The van der Waals surface area contributed by atoms with Crippen LogP contribution < -0.4 is 0 Å². The van der Waals surface area contributed by atoms with E-state index >= 15 is 0 Å². The topological polar surface area (TPSA) is 61.9 Å². The molecule has 0 fully saturated rings. The molecule has 21 heavy (non-hydrogen) atoms. The largest absolute Gasteiger partial charge is 0.334 e. The van der Waals surface area contributed by atoms with Gasteiger partial charge in [0, 0.05) is 18.9 Å². The molecule has 0 aliphatic heterocycles. The molecule has 0 aliphatic rings. The van der Waals surface area contributed by atoms with E-state index in [-0.39, 0.29) is 5.91 Å². The highest BCUT2D eigenvalue weighted by atomic mass is 16.2. The number of aromatic nitrogens is 3. The summed E-state index contributed by atoms with van der Waals surface area (Å²) in [6, 6.07) is 5.85. The standard InChI is InChI=1S/C16H22N4O/c1-4-6-13-9-15(19-18-13)16(21)20(3)11-14-8-7-12(5-2)10-17-14/h7-10H,4-6,11H2,1-3H3,(H,18,19). The number of hydrogen-bond donors (Lipinski definition) is 1. The monoisotopic (exact) mass is 286 g/mol. The number of pyridine rings is 1. The molecular weight excluding hydrogens is 264 g/mol. The van der Waals surface area contributed by atoms with E-state index in [0.29, 0.717) is 12.2 Å². The van der Waals surface area contributed by atoms with Gasteiger partial charge in [0.1, 0.15) is 5.69 Å².